The Kier molecular flexibility index (Phi) is 5.34. The Morgan fingerprint density at radius 3 is 2.33 bits per heavy atom. The predicted octanol–water partition coefficient (Wildman–Crippen LogP) is 2.59. The van der Waals surface area contributed by atoms with Gasteiger partial charge in [0.1, 0.15) is 11.5 Å². The lowest BCUT2D eigenvalue weighted by molar-refractivity contribution is -0.127. The molecule has 4 aliphatic rings. The van der Waals surface area contributed by atoms with E-state index in [0.717, 1.165) is 31.2 Å². The van der Waals surface area contributed by atoms with Gasteiger partial charge in [-0.3, -0.25) is 18.7 Å². The molecule has 8 nitrogen and oxygen atoms in total. The molecule has 2 unspecified atom stereocenters. The number of carbonyl (C=O) groups is 1. The third kappa shape index (κ3) is 3.56. The molecular weight excluding hydrogens is 418 g/mol. The van der Waals surface area contributed by atoms with Crippen LogP contribution in [0.4, 0.5) is 17.2 Å². The fourth-order valence-electron chi connectivity index (χ4n) is 6.80. The van der Waals surface area contributed by atoms with Crippen LogP contribution >= 0.6 is 0 Å². The number of nitrogens with zero attached hydrogens (tertiary/aromatic N) is 2. The molecule has 1 amide bonds. The highest BCUT2D eigenvalue weighted by molar-refractivity contribution is 5.98. The maximum atomic E-state index is 13.6. The van der Waals surface area contributed by atoms with E-state index in [0.29, 0.717) is 42.8 Å². The lowest BCUT2D eigenvalue weighted by Gasteiger charge is -2.31. The fourth-order valence-corrected chi connectivity index (χ4v) is 6.80. The van der Waals surface area contributed by atoms with Gasteiger partial charge in [-0.05, 0) is 80.4 Å². The first kappa shape index (κ1) is 21.8. The highest BCUT2D eigenvalue weighted by atomic mass is 16.2. The number of anilines is 3. The second kappa shape index (κ2) is 8.08. The number of amides is 1. The topological polar surface area (TPSA) is 125 Å². The van der Waals surface area contributed by atoms with Gasteiger partial charge in [0.15, 0.2) is 0 Å². The Bertz CT molecular complexity index is 1180. The SMILES string of the molecule is CCCn1c(=O)c(NC(=O)C23CC4CC(CC2C4)C3)c(N)n(CCc2ccc(N)cc2)c1=O. The molecule has 4 fully saturated rings. The van der Waals surface area contributed by atoms with E-state index in [4.69, 9.17) is 11.5 Å². The van der Waals surface area contributed by atoms with Gasteiger partial charge >= 0.3 is 5.69 Å². The van der Waals surface area contributed by atoms with Gasteiger partial charge in [0.2, 0.25) is 5.91 Å². The van der Waals surface area contributed by atoms with E-state index < -0.39 is 11.2 Å². The van der Waals surface area contributed by atoms with Crippen molar-refractivity contribution in [3.8, 4) is 0 Å². The first-order valence-electron chi connectivity index (χ1n) is 12.1. The van der Waals surface area contributed by atoms with Crippen molar-refractivity contribution in [3.05, 3.63) is 50.7 Å². The van der Waals surface area contributed by atoms with E-state index in [2.05, 4.69) is 5.32 Å². The van der Waals surface area contributed by atoms with Crippen molar-refractivity contribution in [3.63, 3.8) is 0 Å². The molecule has 8 heteroatoms. The van der Waals surface area contributed by atoms with Crippen LogP contribution in [0.25, 0.3) is 0 Å². The number of carbonyl (C=O) groups excluding carboxylic acids is 1. The molecule has 4 saturated carbocycles. The van der Waals surface area contributed by atoms with Crippen LogP contribution in [0, 0.1) is 23.2 Å². The summed E-state index contributed by atoms with van der Waals surface area (Å²) in [5, 5.41) is 2.92. The van der Waals surface area contributed by atoms with Crippen LogP contribution in [0.3, 0.4) is 0 Å². The van der Waals surface area contributed by atoms with Gasteiger partial charge in [-0.25, -0.2) is 4.79 Å². The molecule has 176 valence electrons. The number of hydrogen-bond acceptors (Lipinski definition) is 5. The second-order valence-corrected chi connectivity index (χ2v) is 10.3. The van der Waals surface area contributed by atoms with Crippen LogP contribution in [0.1, 0.15) is 51.0 Å². The molecule has 0 radical (unpaired) electrons. The number of aromatic nitrogens is 2. The lowest BCUT2D eigenvalue weighted by atomic mass is 9.75. The average molecular weight is 452 g/mol. The van der Waals surface area contributed by atoms with E-state index >= 15 is 0 Å². The predicted molar refractivity (Wildman–Crippen MR) is 129 cm³/mol. The quantitative estimate of drug-likeness (QED) is 0.558. The van der Waals surface area contributed by atoms with Crippen LogP contribution in [0.5, 0.6) is 0 Å². The van der Waals surface area contributed by atoms with Gasteiger partial charge in [-0.2, -0.15) is 0 Å². The van der Waals surface area contributed by atoms with Crippen LogP contribution < -0.4 is 28.0 Å². The molecule has 4 bridgehead atoms. The number of nitrogen functional groups attached to an aromatic ring is 2. The molecule has 1 aromatic heterocycles. The van der Waals surface area contributed by atoms with Crippen LogP contribution in [-0.2, 0) is 24.3 Å². The van der Waals surface area contributed by atoms with Gasteiger partial charge in [0, 0.05) is 18.8 Å². The number of aryl methyl sites for hydroxylation is 1. The summed E-state index contributed by atoms with van der Waals surface area (Å²) < 4.78 is 2.61. The number of hydrogen-bond donors (Lipinski definition) is 3. The van der Waals surface area contributed by atoms with Gasteiger partial charge in [0.25, 0.3) is 5.56 Å². The summed E-state index contributed by atoms with van der Waals surface area (Å²) in [4.78, 5) is 39.9. The summed E-state index contributed by atoms with van der Waals surface area (Å²) in [6, 6.07) is 7.45. The maximum Gasteiger partial charge on any atom is 0.332 e. The average Bonchev–Trinajstić information content (AvgIpc) is 3.20. The van der Waals surface area contributed by atoms with E-state index in [9.17, 15) is 14.4 Å². The largest absolute Gasteiger partial charge is 0.399 e. The first-order valence-corrected chi connectivity index (χ1v) is 12.1. The van der Waals surface area contributed by atoms with Crippen molar-refractivity contribution in [2.75, 3.05) is 16.8 Å². The van der Waals surface area contributed by atoms with Crippen molar-refractivity contribution in [2.45, 2.75) is 65.0 Å². The van der Waals surface area contributed by atoms with Crippen molar-refractivity contribution in [1.29, 1.82) is 0 Å². The molecule has 5 N–H and O–H groups in total. The molecule has 2 atom stereocenters. The molecule has 1 aromatic carbocycles. The van der Waals surface area contributed by atoms with Gasteiger partial charge in [-0.15, -0.1) is 0 Å². The van der Waals surface area contributed by atoms with Crippen LogP contribution in [0.15, 0.2) is 33.9 Å². The monoisotopic (exact) mass is 451 g/mol. The number of benzene rings is 1. The lowest BCUT2D eigenvalue weighted by Crippen LogP contribution is -2.45. The highest BCUT2D eigenvalue weighted by Gasteiger charge is 2.61. The Balaban J connectivity index is 1.47. The first-order chi connectivity index (χ1) is 15.8. The third-order valence-electron chi connectivity index (χ3n) is 8.20. The molecule has 6 rings (SSSR count). The minimum Gasteiger partial charge on any atom is -0.399 e. The van der Waals surface area contributed by atoms with Crippen LogP contribution in [0.2, 0.25) is 0 Å². The highest BCUT2D eigenvalue weighted by Crippen LogP contribution is 2.65. The van der Waals surface area contributed by atoms with Crippen molar-refractivity contribution in [1.82, 2.24) is 9.13 Å². The normalized spacial score (nSPS) is 27.2. The summed E-state index contributed by atoms with van der Waals surface area (Å²) in [6.07, 6.45) is 6.44. The Morgan fingerprint density at radius 2 is 1.70 bits per heavy atom. The third-order valence-corrected chi connectivity index (χ3v) is 8.20. The molecule has 0 saturated heterocycles. The summed E-state index contributed by atoms with van der Waals surface area (Å²) in [6.45, 7) is 2.49. The van der Waals surface area contributed by atoms with Crippen molar-refractivity contribution in [2.24, 2.45) is 23.2 Å². The molecule has 0 spiro atoms. The molecule has 1 heterocycles. The molecular formula is C25H33N5O3. The second-order valence-electron chi connectivity index (χ2n) is 10.3. The van der Waals surface area contributed by atoms with E-state index in [1.165, 1.54) is 15.6 Å². The van der Waals surface area contributed by atoms with Gasteiger partial charge < -0.3 is 16.8 Å². The Morgan fingerprint density at radius 1 is 1.03 bits per heavy atom. The summed E-state index contributed by atoms with van der Waals surface area (Å²) in [5.41, 5.74) is 12.5. The molecule has 2 aromatic rings. The van der Waals surface area contributed by atoms with Gasteiger partial charge in [-0.1, -0.05) is 19.1 Å². The zero-order chi connectivity index (χ0) is 23.3. The van der Waals surface area contributed by atoms with E-state index in [-0.39, 0.29) is 29.4 Å². The summed E-state index contributed by atoms with van der Waals surface area (Å²) >= 11 is 0. The summed E-state index contributed by atoms with van der Waals surface area (Å²) in [5.74, 6) is 1.59. The minimum absolute atomic E-state index is 0.0373. The molecule has 0 aliphatic heterocycles. The van der Waals surface area contributed by atoms with Crippen molar-refractivity contribution < 1.29 is 4.79 Å². The number of rotatable bonds is 7. The molecule has 33 heavy (non-hydrogen) atoms. The smallest absolute Gasteiger partial charge is 0.332 e. The minimum atomic E-state index is -0.509. The van der Waals surface area contributed by atoms with E-state index in [1.54, 1.807) is 0 Å². The van der Waals surface area contributed by atoms with Gasteiger partial charge in [0.05, 0.1) is 5.41 Å². The van der Waals surface area contributed by atoms with Crippen LogP contribution in [-0.4, -0.2) is 15.0 Å². The zero-order valence-corrected chi connectivity index (χ0v) is 19.2. The van der Waals surface area contributed by atoms with Crippen molar-refractivity contribution >= 4 is 23.1 Å². The molecule has 4 aliphatic carbocycles. The summed E-state index contributed by atoms with van der Waals surface area (Å²) in [7, 11) is 0. The maximum absolute atomic E-state index is 13.6. The number of nitrogens with two attached hydrogens (primary N) is 2. The standard InChI is InChI=1S/C25H33N5O3/c1-2-8-30-22(31)20(28-23(32)25-13-16-10-17(14-25)12-18(25)11-16)21(27)29(24(30)33)9-7-15-3-5-19(26)6-4-15/h3-6,16-18H,2,7-14,26-27H2,1H3,(H,28,32). The zero-order valence-electron chi connectivity index (χ0n) is 19.2. The Hall–Kier alpha value is -3.03. The Labute approximate surface area is 193 Å². The van der Waals surface area contributed by atoms with E-state index in [1.807, 2.05) is 31.2 Å². The number of nitrogens with one attached hydrogen (secondary N) is 1. The fraction of sp³-hybridized carbons (Fsp3) is 0.560.